The third-order valence-electron chi connectivity index (χ3n) is 1.84. The first-order chi connectivity index (χ1) is 6.75. The molecule has 1 heterocycles. The number of nitrogen functional groups attached to an aromatic ring is 1. The molecule has 1 aromatic rings. The van der Waals surface area contributed by atoms with Gasteiger partial charge in [0.25, 0.3) is 0 Å². The minimum atomic E-state index is 0.450. The Bertz CT molecular complexity index is 279. The lowest BCUT2D eigenvalue weighted by molar-refractivity contribution is 0.154. The summed E-state index contributed by atoms with van der Waals surface area (Å²) < 4.78 is 5.23. The number of nitrogens with two attached hydrogens (primary N) is 1. The fourth-order valence-corrected chi connectivity index (χ4v) is 1.09. The Balaban J connectivity index is 2.51. The van der Waals surface area contributed by atoms with Gasteiger partial charge >= 0.3 is 0 Å². The maximum absolute atomic E-state index is 5.67. The molecule has 0 amide bonds. The molecule has 0 aliphatic rings. The predicted molar refractivity (Wildman–Crippen MR) is 56.2 cm³/mol. The molecule has 1 rings (SSSR count). The van der Waals surface area contributed by atoms with E-state index in [0.29, 0.717) is 18.2 Å². The standard InChI is InChI=1S/C9H16N4O/c1-3-14-7-6-13(2)9-8(10)11-4-5-12-9/h4-5H,3,6-7H2,1-2H3,(H2,10,11). The van der Waals surface area contributed by atoms with Crippen molar-refractivity contribution in [1.29, 1.82) is 0 Å². The molecule has 5 heteroatoms. The Morgan fingerprint density at radius 2 is 2.14 bits per heavy atom. The van der Waals surface area contributed by atoms with Gasteiger partial charge in [-0.3, -0.25) is 0 Å². The number of aromatic nitrogens is 2. The third-order valence-corrected chi connectivity index (χ3v) is 1.84. The summed E-state index contributed by atoms with van der Waals surface area (Å²) in [7, 11) is 1.92. The van der Waals surface area contributed by atoms with Crippen molar-refractivity contribution in [2.75, 3.05) is 37.4 Å². The lowest BCUT2D eigenvalue weighted by Gasteiger charge is -2.18. The van der Waals surface area contributed by atoms with Crippen molar-refractivity contribution in [3.05, 3.63) is 12.4 Å². The summed E-state index contributed by atoms with van der Waals surface area (Å²) in [6, 6.07) is 0. The summed E-state index contributed by atoms with van der Waals surface area (Å²) >= 11 is 0. The van der Waals surface area contributed by atoms with Crippen LogP contribution >= 0.6 is 0 Å². The molecule has 0 aliphatic heterocycles. The molecule has 2 N–H and O–H groups in total. The lowest BCUT2D eigenvalue weighted by Crippen LogP contribution is -2.24. The Labute approximate surface area is 83.9 Å². The molecular weight excluding hydrogens is 180 g/mol. The number of likely N-dealkylation sites (N-methyl/N-ethyl adjacent to an activating group) is 1. The fraction of sp³-hybridized carbons (Fsp3) is 0.556. The summed E-state index contributed by atoms with van der Waals surface area (Å²) in [6.45, 7) is 4.13. The molecule has 0 aliphatic carbocycles. The van der Waals surface area contributed by atoms with Gasteiger partial charge in [-0.2, -0.15) is 0 Å². The highest BCUT2D eigenvalue weighted by atomic mass is 16.5. The van der Waals surface area contributed by atoms with Crippen LogP contribution in [-0.4, -0.2) is 36.8 Å². The second-order valence-corrected chi connectivity index (χ2v) is 2.88. The van der Waals surface area contributed by atoms with Crippen molar-refractivity contribution < 1.29 is 4.74 Å². The van der Waals surface area contributed by atoms with Crippen molar-refractivity contribution in [3.8, 4) is 0 Å². The molecule has 0 bridgehead atoms. The highest BCUT2D eigenvalue weighted by molar-refractivity contribution is 5.56. The van der Waals surface area contributed by atoms with Crippen molar-refractivity contribution >= 4 is 11.6 Å². The van der Waals surface area contributed by atoms with Crippen molar-refractivity contribution in [1.82, 2.24) is 9.97 Å². The molecule has 0 saturated heterocycles. The first-order valence-corrected chi connectivity index (χ1v) is 4.61. The van der Waals surface area contributed by atoms with Crippen molar-refractivity contribution in [2.45, 2.75) is 6.92 Å². The average molecular weight is 196 g/mol. The molecule has 78 valence electrons. The SMILES string of the molecule is CCOCCN(C)c1nccnc1N. The zero-order chi connectivity index (χ0) is 10.4. The summed E-state index contributed by atoms with van der Waals surface area (Å²) in [5.74, 6) is 1.15. The van der Waals surface area contributed by atoms with Crippen LogP contribution in [0.5, 0.6) is 0 Å². The molecule has 5 nitrogen and oxygen atoms in total. The van der Waals surface area contributed by atoms with Gasteiger partial charge in [0, 0.05) is 32.6 Å². The lowest BCUT2D eigenvalue weighted by atomic mass is 10.5. The number of ether oxygens (including phenoxy) is 1. The molecular formula is C9H16N4O. The van der Waals surface area contributed by atoms with E-state index in [1.807, 2.05) is 18.9 Å². The van der Waals surface area contributed by atoms with Gasteiger partial charge in [-0.25, -0.2) is 9.97 Å². The van der Waals surface area contributed by atoms with Crippen LogP contribution in [0.2, 0.25) is 0 Å². The second-order valence-electron chi connectivity index (χ2n) is 2.88. The third kappa shape index (κ3) is 2.85. The van der Waals surface area contributed by atoms with Gasteiger partial charge in [-0.15, -0.1) is 0 Å². The predicted octanol–water partition coefficient (Wildman–Crippen LogP) is 0.531. The van der Waals surface area contributed by atoms with E-state index >= 15 is 0 Å². The minimum Gasteiger partial charge on any atom is -0.381 e. The van der Waals surface area contributed by atoms with Gasteiger partial charge < -0.3 is 15.4 Å². The van der Waals surface area contributed by atoms with Gasteiger partial charge in [0.05, 0.1) is 6.61 Å². The highest BCUT2D eigenvalue weighted by Crippen LogP contribution is 2.13. The molecule has 0 unspecified atom stereocenters. The Kier molecular flexibility index (Phi) is 4.12. The van der Waals surface area contributed by atoms with Crippen molar-refractivity contribution in [2.24, 2.45) is 0 Å². The largest absolute Gasteiger partial charge is 0.381 e. The van der Waals surface area contributed by atoms with E-state index in [4.69, 9.17) is 10.5 Å². The van der Waals surface area contributed by atoms with Crippen LogP contribution in [-0.2, 0) is 4.74 Å². The van der Waals surface area contributed by atoms with Crippen molar-refractivity contribution in [3.63, 3.8) is 0 Å². The number of rotatable bonds is 5. The quantitative estimate of drug-likeness (QED) is 0.696. The molecule has 14 heavy (non-hydrogen) atoms. The van der Waals surface area contributed by atoms with Crippen LogP contribution in [0.3, 0.4) is 0 Å². The zero-order valence-corrected chi connectivity index (χ0v) is 8.60. The first kappa shape index (κ1) is 10.7. The van der Waals surface area contributed by atoms with Gasteiger partial charge in [-0.05, 0) is 6.92 Å². The minimum absolute atomic E-state index is 0.450. The number of hydrogen-bond acceptors (Lipinski definition) is 5. The Morgan fingerprint density at radius 3 is 2.79 bits per heavy atom. The molecule has 1 aromatic heterocycles. The van der Waals surface area contributed by atoms with Crippen LogP contribution in [0.4, 0.5) is 11.6 Å². The smallest absolute Gasteiger partial charge is 0.171 e. The topological polar surface area (TPSA) is 64.3 Å². The maximum Gasteiger partial charge on any atom is 0.171 e. The highest BCUT2D eigenvalue weighted by Gasteiger charge is 2.06. The number of nitrogens with zero attached hydrogens (tertiary/aromatic N) is 3. The van der Waals surface area contributed by atoms with Crippen LogP contribution in [0, 0.1) is 0 Å². The molecule has 0 radical (unpaired) electrons. The molecule has 0 fully saturated rings. The van der Waals surface area contributed by atoms with E-state index in [1.165, 1.54) is 0 Å². The summed E-state index contributed by atoms with van der Waals surface area (Å²) in [6.07, 6.45) is 3.21. The zero-order valence-electron chi connectivity index (χ0n) is 8.60. The van der Waals surface area contributed by atoms with E-state index in [0.717, 1.165) is 13.2 Å². The molecule has 0 saturated carbocycles. The second kappa shape index (κ2) is 5.39. The van der Waals surface area contributed by atoms with E-state index < -0.39 is 0 Å². The Morgan fingerprint density at radius 1 is 1.43 bits per heavy atom. The van der Waals surface area contributed by atoms with E-state index in [1.54, 1.807) is 12.4 Å². The normalized spacial score (nSPS) is 10.1. The maximum atomic E-state index is 5.67. The molecule has 0 spiro atoms. The molecule has 0 atom stereocenters. The Hall–Kier alpha value is -1.36. The average Bonchev–Trinajstić information content (AvgIpc) is 2.18. The summed E-state index contributed by atoms with van der Waals surface area (Å²) in [4.78, 5) is 10.0. The van der Waals surface area contributed by atoms with Gasteiger partial charge in [-0.1, -0.05) is 0 Å². The summed E-state index contributed by atoms with van der Waals surface area (Å²) in [5.41, 5.74) is 5.67. The van der Waals surface area contributed by atoms with Gasteiger partial charge in [0.2, 0.25) is 0 Å². The van der Waals surface area contributed by atoms with Crippen LogP contribution in [0.1, 0.15) is 6.92 Å². The number of anilines is 2. The first-order valence-electron chi connectivity index (χ1n) is 4.61. The van der Waals surface area contributed by atoms with Gasteiger partial charge in [0.15, 0.2) is 11.6 Å². The monoisotopic (exact) mass is 196 g/mol. The van der Waals surface area contributed by atoms with Gasteiger partial charge in [0.1, 0.15) is 0 Å². The van der Waals surface area contributed by atoms with E-state index in [-0.39, 0.29) is 0 Å². The van der Waals surface area contributed by atoms with Crippen LogP contribution < -0.4 is 10.6 Å². The van der Waals surface area contributed by atoms with Crippen LogP contribution in [0.25, 0.3) is 0 Å². The number of hydrogen-bond donors (Lipinski definition) is 1. The van der Waals surface area contributed by atoms with Crippen LogP contribution in [0.15, 0.2) is 12.4 Å². The molecule has 0 aromatic carbocycles. The summed E-state index contributed by atoms with van der Waals surface area (Å²) in [5, 5.41) is 0. The van der Waals surface area contributed by atoms with E-state index in [9.17, 15) is 0 Å². The van der Waals surface area contributed by atoms with E-state index in [2.05, 4.69) is 9.97 Å². The fourth-order valence-electron chi connectivity index (χ4n) is 1.09.